The maximum absolute atomic E-state index is 10.3. The lowest BCUT2D eigenvalue weighted by Crippen LogP contribution is -2.67. The Morgan fingerprint density at radius 3 is 1.33 bits per heavy atom. The van der Waals surface area contributed by atoms with Gasteiger partial charge in [-0.05, 0) is 34.9 Å². The first-order chi connectivity index (χ1) is 20.5. The van der Waals surface area contributed by atoms with Crippen LogP contribution in [0.4, 0.5) is 0 Å². The number of aliphatic hydroxyl groups is 6. The number of rotatable bonds is 8. The van der Waals surface area contributed by atoms with Gasteiger partial charge in [0.05, 0.1) is 65.3 Å². The number of methoxy groups -OCH3 is 3. The molecule has 46 heavy (non-hydrogen) atoms. The topological polar surface area (TPSA) is 269 Å². The molecule has 280 valence electrons. The summed E-state index contributed by atoms with van der Waals surface area (Å²) < 4.78 is 32.7. The summed E-state index contributed by atoms with van der Waals surface area (Å²) in [5, 5.41) is 57.4. The van der Waals surface area contributed by atoms with Gasteiger partial charge >= 0.3 is 0 Å². The highest BCUT2D eigenvalue weighted by Gasteiger charge is 2.49. The number of nitrogens with two attached hydrogens (primary N) is 1. The van der Waals surface area contributed by atoms with Gasteiger partial charge < -0.3 is 85.1 Å². The first kappa shape index (κ1) is 47.4. The van der Waals surface area contributed by atoms with Crippen LogP contribution in [-0.4, -0.2) is 219 Å². The van der Waals surface area contributed by atoms with E-state index in [1.807, 2.05) is 54.0 Å². The Labute approximate surface area is 273 Å². The van der Waals surface area contributed by atoms with Crippen LogP contribution in [-0.2, 0) is 28.4 Å². The third-order valence-corrected chi connectivity index (χ3v) is 8.72. The van der Waals surface area contributed by atoms with E-state index < -0.39 is 61.0 Å². The normalized spacial score (nSPS) is 41.2. The van der Waals surface area contributed by atoms with Gasteiger partial charge in [-0.25, -0.2) is 0 Å². The average molecular weight is 681 g/mol. The maximum Gasteiger partial charge on any atom is 0.144 e. The van der Waals surface area contributed by atoms with Crippen molar-refractivity contribution in [3.05, 3.63) is 0 Å². The lowest BCUT2D eigenvalue weighted by atomic mass is 9.91. The van der Waals surface area contributed by atoms with Crippen LogP contribution in [0.2, 0.25) is 0 Å². The van der Waals surface area contributed by atoms with Crippen molar-refractivity contribution in [2.45, 2.75) is 112 Å². The number of likely N-dealkylation sites (N-methyl/N-ethyl adjacent to an activating group) is 2. The molecule has 3 rings (SSSR count). The first-order valence-corrected chi connectivity index (χ1v) is 15.1. The number of nitrogens with zero attached hydrogens (tertiary/aromatic N) is 2. The molecule has 15 unspecified atom stereocenters. The molecule has 0 radical (unpaired) electrons. The van der Waals surface area contributed by atoms with Crippen LogP contribution in [0.5, 0.6) is 0 Å². The molecule has 0 aromatic rings. The lowest BCUT2D eigenvalue weighted by molar-refractivity contribution is -0.906. The molecule has 3 fully saturated rings. The summed E-state index contributed by atoms with van der Waals surface area (Å²) in [5.74, 6) is 0. The molecular weight excluding hydrogens is 614 g/mol. The Morgan fingerprint density at radius 1 is 0.630 bits per heavy atom. The van der Waals surface area contributed by atoms with Crippen molar-refractivity contribution in [3.8, 4) is 0 Å². The molecule has 0 aliphatic carbocycles. The van der Waals surface area contributed by atoms with Crippen molar-refractivity contribution in [1.82, 2.24) is 4.90 Å². The third kappa shape index (κ3) is 11.7. The molecule has 15 atom stereocenters. The van der Waals surface area contributed by atoms with Gasteiger partial charge in [0.25, 0.3) is 0 Å². The highest BCUT2D eigenvalue weighted by Crippen LogP contribution is 2.28. The van der Waals surface area contributed by atoms with Crippen LogP contribution in [0.1, 0.15) is 20.8 Å². The van der Waals surface area contributed by atoms with E-state index in [-0.39, 0.29) is 61.2 Å². The minimum absolute atomic E-state index is 0. The van der Waals surface area contributed by atoms with E-state index >= 15 is 0 Å². The second-order valence-corrected chi connectivity index (χ2v) is 12.9. The maximum atomic E-state index is 10.3. The van der Waals surface area contributed by atoms with E-state index in [1.165, 1.54) is 21.3 Å². The monoisotopic (exact) mass is 680 g/mol. The highest BCUT2D eigenvalue weighted by atomic mass is 16.6. The molecule has 17 nitrogen and oxygen atoms in total. The Morgan fingerprint density at radius 2 is 0.978 bits per heavy atom. The average Bonchev–Trinajstić information content (AvgIpc) is 2.94. The zero-order valence-electron chi connectivity index (χ0n) is 29.4. The van der Waals surface area contributed by atoms with Gasteiger partial charge in [-0.3, -0.25) is 0 Å². The molecule has 0 spiro atoms. The van der Waals surface area contributed by atoms with E-state index in [2.05, 4.69) is 0 Å². The molecule has 0 amide bonds. The Balaban J connectivity index is 0. The quantitative estimate of drug-likeness (QED) is 0.119. The Kier molecular flexibility index (Phi) is 22.1. The number of aliphatic hydroxyl groups excluding tert-OH is 6. The van der Waals surface area contributed by atoms with E-state index in [0.29, 0.717) is 4.48 Å². The van der Waals surface area contributed by atoms with Gasteiger partial charge in [-0.1, -0.05) is 0 Å². The van der Waals surface area contributed by atoms with Crippen LogP contribution >= 0.6 is 0 Å². The molecule has 0 bridgehead atoms. The van der Waals surface area contributed by atoms with Gasteiger partial charge in [0.1, 0.15) is 67.1 Å². The molecule has 0 aromatic carbocycles. The van der Waals surface area contributed by atoms with Crippen LogP contribution in [0.15, 0.2) is 0 Å². The Hall–Kier alpha value is -0.680. The third-order valence-electron chi connectivity index (χ3n) is 8.72. The largest absolute Gasteiger partial charge is 0.412 e. The SMILES string of the molecule is COC1C(CO)OC(C)C(N(C)C)C1O.COC1C(CO)OC(C)C(N)C1O.COC1C(CO)OC(C)C([N+](C)(C)C)C1O.O.O. The van der Waals surface area contributed by atoms with Gasteiger partial charge in [-0.15, -0.1) is 0 Å². The summed E-state index contributed by atoms with van der Waals surface area (Å²) in [6.07, 6.45) is -5.44. The van der Waals surface area contributed by atoms with Crippen LogP contribution in [0, 0.1) is 0 Å². The van der Waals surface area contributed by atoms with E-state index in [9.17, 15) is 20.4 Å². The summed E-state index contributed by atoms with van der Waals surface area (Å²) in [5.41, 5.74) is 5.67. The predicted molar refractivity (Wildman–Crippen MR) is 169 cm³/mol. The fraction of sp³-hybridized carbons (Fsp3) is 1.00. The molecule has 3 saturated heterocycles. The zero-order chi connectivity index (χ0) is 34.1. The minimum Gasteiger partial charge on any atom is -0.412 e. The van der Waals surface area contributed by atoms with E-state index in [0.717, 1.165) is 0 Å². The van der Waals surface area contributed by atoms with Crippen LogP contribution in [0.3, 0.4) is 0 Å². The Bertz CT molecular complexity index is 795. The van der Waals surface area contributed by atoms with Gasteiger partial charge in [0.2, 0.25) is 0 Å². The molecule has 0 saturated carbocycles. The molecule has 0 aromatic heterocycles. The molecule has 17 heteroatoms. The van der Waals surface area contributed by atoms with Crippen LogP contribution in [0.25, 0.3) is 0 Å². The fourth-order valence-electron chi connectivity index (χ4n) is 6.54. The van der Waals surface area contributed by atoms with Crippen molar-refractivity contribution >= 4 is 0 Å². The molecule has 3 heterocycles. The standard InChI is InChI=1S/C11H24NO4.C10H21NO4.C8H17NO4.2H2O/c1-7-9(12(2,3)4)10(14)11(15-5)8(6-13)16-7;1-6-8(11(2)3)9(13)10(14-4)7(5-12)15-6;1-4-6(9)7(11)8(12-2)5(3-10)13-4;;/h7-11,13-14H,6H2,1-5H3;6-10,12-13H,5H2,1-4H3;4-8,10-11H,3,9H2,1-2H3;2*1H2/q+1;;;;. The summed E-state index contributed by atoms with van der Waals surface area (Å²) in [4.78, 5) is 1.91. The van der Waals surface area contributed by atoms with E-state index in [1.54, 1.807) is 6.92 Å². The van der Waals surface area contributed by atoms with E-state index in [4.69, 9.17) is 44.4 Å². The number of ether oxygens (including phenoxy) is 6. The van der Waals surface area contributed by atoms with Crippen molar-refractivity contribution in [1.29, 1.82) is 0 Å². The molecular formula is C29H66N3O14+. The first-order valence-electron chi connectivity index (χ1n) is 15.1. The smallest absolute Gasteiger partial charge is 0.144 e. The fourth-order valence-corrected chi connectivity index (χ4v) is 6.54. The van der Waals surface area contributed by atoms with Gasteiger partial charge in [-0.2, -0.15) is 0 Å². The minimum atomic E-state index is -0.786. The molecule has 3 aliphatic rings. The summed E-state index contributed by atoms with van der Waals surface area (Å²) >= 11 is 0. The summed E-state index contributed by atoms with van der Waals surface area (Å²) in [7, 11) is 14.3. The summed E-state index contributed by atoms with van der Waals surface area (Å²) in [6, 6.07) is -0.641. The second kappa shape index (κ2) is 21.4. The molecule has 3 aliphatic heterocycles. The number of hydrogen-bond donors (Lipinski definition) is 7. The van der Waals surface area contributed by atoms with Crippen molar-refractivity contribution in [2.75, 3.05) is 76.4 Å². The molecule has 12 N–H and O–H groups in total. The zero-order valence-corrected chi connectivity index (χ0v) is 29.4. The van der Waals surface area contributed by atoms with Crippen LogP contribution < -0.4 is 5.73 Å². The predicted octanol–water partition coefficient (Wildman–Crippen LogP) is -4.89. The second-order valence-electron chi connectivity index (χ2n) is 12.9. The number of quaternary nitrogens is 1. The number of hydrogen-bond acceptors (Lipinski definition) is 14. The summed E-state index contributed by atoms with van der Waals surface area (Å²) in [6.45, 7) is 5.13. The van der Waals surface area contributed by atoms with Crippen molar-refractivity contribution in [3.63, 3.8) is 0 Å². The van der Waals surface area contributed by atoms with Gasteiger partial charge in [0, 0.05) is 21.3 Å². The van der Waals surface area contributed by atoms with Crippen molar-refractivity contribution < 1.29 is 74.5 Å². The highest BCUT2D eigenvalue weighted by molar-refractivity contribution is 4.96. The van der Waals surface area contributed by atoms with Crippen molar-refractivity contribution in [2.24, 2.45) is 5.73 Å². The van der Waals surface area contributed by atoms with Gasteiger partial charge in [0.15, 0.2) is 0 Å². The lowest BCUT2D eigenvalue weighted by Gasteiger charge is -2.48.